The van der Waals surface area contributed by atoms with E-state index in [1.807, 2.05) is 24.3 Å². The molecular formula is C25H18ClNO3. The van der Waals surface area contributed by atoms with E-state index in [4.69, 9.17) is 16.3 Å². The van der Waals surface area contributed by atoms with E-state index in [1.54, 1.807) is 18.2 Å². The molecular weight excluding hydrogens is 398 g/mol. The van der Waals surface area contributed by atoms with Gasteiger partial charge in [-0.2, -0.15) is 0 Å². The van der Waals surface area contributed by atoms with Crippen molar-refractivity contribution in [1.29, 1.82) is 0 Å². The first-order valence-electron chi connectivity index (χ1n) is 9.50. The molecule has 0 radical (unpaired) electrons. The molecule has 4 rings (SSSR count). The van der Waals surface area contributed by atoms with E-state index in [9.17, 15) is 9.59 Å². The topological polar surface area (TPSA) is 55.4 Å². The second-order valence-electron chi connectivity index (χ2n) is 6.83. The molecule has 1 N–H and O–H groups in total. The minimum atomic E-state index is -0.534. The van der Waals surface area contributed by atoms with E-state index in [0.29, 0.717) is 16.1 Å². The molecule has 1 amide bonds. The molecule has 0 unspecified atom stereocenters. The maximum atomic E-state index is 12.1. The summed E-state index contributed by atoms with van der Waals surface area (Å²) in [5, 5.41) is 3.12. The predicted molar refractivity (Wildman–Crippen MR) is 117 cm³/mol. The molecule has 148 valence electrons. The Bertz CT molecular complexity index is 1130. The second-order valence-corrected chi connectivity index (χ2v) is 7.27. The summed E-state index contributed by atoms with van der Waals surface area (Å²) >= 11 is 5.94. The third-order valence-electron chi connectivity index (χ3n) is 5.03. The molecule has 5 heteroatoms. The van der Waals surface area contributed by atoms with Crippen LogP contribution in [0.4, 0.5) is 4.79 Å². The van der Waals surface area contributed by atoms with Crippen molar-refractivity contribution in [3.05, 3.63) is 94.0 Å². The quantitative estimate of drug-likeness (QED) is 0.479. The number of aldehydes is 1. The lowest BCUT2D eigenvalue weighted by Crippen LogP contribution is -2.26. The fourth-order valence-electron chi connectivity index (χ4n) is 3.64. The Kier molecular flexibility index (Phi) is 5.83. The minimum absolute atomic E-state index is 0.0100. The fraction of sp³-hybridized carbons (Fsp3) is 0.120. The summed E-state index contributed by atoms with van der Waals surface area (Å²) < 4.78 is 5.46. The Labute approximate surface area is 179 Å². The first-order valence-corrected chi connectivity index (χ1v) is 9.87. The average Bonchev–Trinajstić information content (AvgIpc) is 3.09. The molecule has 0 aromatic heterocycles. The van der Waals surface area contributed by atoms with Crippen LogP contribution in [0.3, 0.4) is 0 Å². The number of nitrogens with one attached hydrogen (secondary N) is 1. The number of amides is 1. The first kappa shape index (κ1) is 19.8. The Hall–Kier alpha value is -3.55. The number of halogens is 1. The van der Waals surface area contributed by atoms with E-state index in [-0.39, 0.29) is 19.1 Å². The Balaban J connectivity index is 1.37. The standard InChI is InChI=1S/C25H18ClNO3/c26-19-12-11-18(15-28)17(14-19)6-5-13-27-25(29)30-16-24-22-9-3-1-7-20(22)21-8-2-4-10-23(21)24/h1-4,7-12,14-15,24H,13,16H2,(H,27,29). The predicted octanol–water partition coefficient (Wildman–Crippen LogP) is 5.04. The maximum absolute atomic E-state index is 12.1. The lowest BCUT2D eigenvalue weighted by molar-refractivity contribution is 0.112. The van der Waals surface area contributed by atoms with E-state index in [2.05, 4.69) is 41.4 Å². The van der Waals surface area contributed by atoms with Gasteiger partial charge in [-0.1, -0.05) is 72.0 Å². The number of carbonyl (C=O) groups excluding carboxylic acids is 2. The van der Waals surface area contributed by atoms with Gasteiger partial charge in [0.25, 0.3) is 0 Å². The van der Waals surface area contributed by atoms with Gasteiger partial charge in [0.15, 0.2) is 6.29 Å². The first-order chi connectivity index (χ1) is 14.7. The summed E-state index contributed by atoms with van der Waals surface area (Å²) in [7, 11) is 0. The van der Waals surface area contributed by atoms with Gasteiger partial charge in [0.2, 0.25) is 0 Å². The summed E-state index contributed by atoms with van der Waals surface area (Å²) in [5.74, 6) is 5.67. The van der Waals surface area contributed by atoms with E-state index >= 15 is 0 Å². The van der Waals surface area contributed by atoms with Gasteiger partial charge in [-0.05, 0) is 40.5 Å². The molecule has 0 bridgehead atoms. The molecule has 3 aromatic rings. The van der Waals surface area contributed by atoms with Gasteiger partial charge in [-0.15, -0.1) is 0 Å². The van der Waals surface area contributed by atoms with Crippen molar-refractivity contribution in [1.82, 2.24) is 5.32 Å². The van der Waals surface area contributed by atoms with Crippen LogP contribution in [-0.2, 0) is 4.74 Å². The van der Waals surface area contributed by atoms with Crippen LogP contribution in [0.1, 0.15) is 33.0 Å². The number of fused-ring (bicyclic) bond motifs is 3. The van der Waals surface area contributed by atoms with Gasteiger partial charge in [0.1, 0.15) is 6.61 Å². The molecule has 0 atom stereocenters. The van der Waals surface area contributed by atoms with Crippen molar-refractivity contribution in [3.8, 4) is 23.0 Å². The fourth-order valence-corrected chi connectivity index (χ4v) is 3.82. The number of hydrogen-bond donors (Lipinski definition) is 1. The largest absolute Gasteiger partial charge is 0.449 e. The minimum Gasteiger partial charge on any atom is -0.449 e. The van der Waals surface area contributed by atoms with Crippen LogP contribution >= 0.6 is 11.6 Å². The Morgan fingerprint density at radius 1 is 1.03 bits per heavy atom. The lowest BCUT2D eigenvalue weighted by atomic mass is 9.98. The van der Waals surface area contributed by atoms with Crippen LogP contribution < -0.4 is 5.32 Å². The van der Waals surface area contributed by atoms with Crippen molar-refractivity contribution in [2.24, 2.45) is 0 Å². The highest BCUT2D eigenvalue weighted by Gasteiger charge is 2.28. The van der Waals surface area contributed by atoms with Crippen LogP contribution in [0.2, 0.25) is 5.02 Å². The van der Waals surface area contributed by atoms with Gasteiger partial charge in [-0.3, -0.25) is 4.79 Å². The summed E-state index contributed by atoms with van der Waals surface area (Å²) in [4.78, 5) is 23.2. The molecule has 0 saturated carbocycles. The molecule has 1 aliphatic carbocycles. The van der Waals surface area contributed by atoms with E-state index in [0.717, 1.165) is 17.4 Å². The number of rotatable bonds is 4. The lowest BCUT2D eigenvalue weighted by Gasteiger charge is -2.14. The summed E-state index contributed by atoms with van der Waals surface area (Å²) in [5.41, 5.74) is 5.66. The van der Waals surface area contributed by atoms with Crippen LogP contribution in [0, 0.1) is 11.8 Å². The molecule has 3 aromatic carbocycles. The average molecular weight is 416 g/mol. The van der Waals surface area contributed by atoms with Crippen LogP contribution in [-0.4, -0.2) is 25.5 Å². The van der Waals surface area contributed by atoms with Gasteiger partial charge in [0.05, 0.1) is 6.54 Å². The molecule has 0 saturated heterocycles. The molecule has 0 spiro atoms. The number of alkyl carbamates (subject to hydrolysis) is 1. The molecule has 0 heterocycles. The third-order valence-corrected chi connectivity index (χ3v) is 5.27. The number of ether oxygens (including phenoxy) is 1. The van der Waals surface area contributed by atoms with Gasteiger partial charge in [0, 0.05) is 22.1 Å². The third kappa shape index (κ3) is 4.07. The normalized spacial score (nSPS) is 11.6. The smallest absolute Gasteiger partial charge is 0.407 e. The number of benzene rings is 3. The molecule has 4 nitrogen and oxygen atoms in total. The van der Waals surface area contributed by atoms with Crippen molar-refractivity contribution < 1.29 is 14.3 Å². The maximum Gasteiger partial charge on any atom is 0.407 e. The van der Waals surface area contributed by atoms with Crippen molar-refractivity contribution in [2.75, 3.05) is 13.2 Å². The monoisotopic (exact) mass is 415 g/mol. The van der Waals surface area contributed by atoms with Crippen LogP contribution in [0.25, 0.3) is 11.1 Å². The molecule has 30 heavy (non-hydrogen) atoms. The van der Waals surface area contributed by atoms with Crippen molar-refractivity contribution in [3.63, 3.8) is 0 Å². The summed E-state index contributed by atoms with van der Waals surface area (Å²) in [6.45, 7) is 0.346. The highest BCUT2D eigenvalue weighted by molar-refractivity contribution is 6.30. The number of carbonyl (C=O) groups is 2. The zero-order valence-electron chi connectivity index (χ0n) is 16.0. The Morgan fingerprint density at radius 3 is 2.37 bits per heavy atom. The second kappa shape index (κ2) is 8.86. The molecule has 0 aliphatic heterocycles. The molecule has 0 fully saturated rings. The molecule has 1 aliphatic rings. The zero-order valence-corrected chi connectivity index (χ0v) is 16.8. The van der Waals surface area contributed by atoms with Crippen LogP contribution in [0.15, 0.2) is 66.7 Å². The van der Waals surface area contributed by atoms with E-state index in [1.165, 1.54) is 11.1 Å². The van der Waals surface area contributed by atoms with Crippen molar-refractivity contribution in [2.45, 2.75) is 5.92 Å². The summed E-state index contributed by atoms with van der Waals surface area (Å²) in [6.07, 6.45) is 0.187. The van der Waals surface area contributed by atoms with E-state index < -0.39 is 6.09 Å². The SMILES string of the molecule is O=Cc1ccc(Cl)cc1C#CCNC(=O)OCC1c2ccccc2-c2ccccc21. The van der Waals surface area contributed by atoms with Crippen molar-refractivity contribution >= 4 is 24.0 Å². The van der Waals surface area contributed by atoms with Gasteiger partial charge in [-0.25, -0.2) is 4.79 Å². The van der Waals surface area contributed by atoms with Crippen LogP contribution in [0.5, 0.6) is 0 Å². The van der Waals surface area contributed by atoms with Gasteiger partial charge < -0.3 is 10.1 Å². The highest BCUT2D eigenvalue weighted by Crippen LogP contribution is 2.44. The highest BCUT2D eigenvalue weighted by atomic mass is 35.5. The number of hydrogen-bond acceptors (Lipinski definition) is 3. The van der Waals surface area contributed by atoms with Gasteiger partial charge >= 0.3 is 6.09 Å². The summed E-state index contributed by atoms with van der Waals surface area (Å²) in [6, 6.07) is 21.2. The zero-order chi connectivity index (χ0) is 20.9. The Morgan fingerprint density at radius 2 is 1.70 bits per heavy atom.